The summed E-state index contributed by atoms with van der Waals surface area (Å²) in [6.07, 6.45) is 0. The van der Waals surface area contributed by atoms with Gasteiger partial charge in [0.1, 0.15) is 28.2 Å². The molecule has 3 aromatic rings. The van der Waals surface area contributed by atoms with Crippen LogP contribution in [0.25, 0.3) is 22.3 Å². The molecule has 2 aromatic carbocycles. The maximum Gasteiger partial charge on any atom is 0.197 e. The van der Waals surface area contributed by atoms with Crippen molar-refractivity contribution in [1.29, 1.82) is 0 Å². The quantitative estimate of drug-likeness (QED) is 0.775. The minimum atomic E-state index is -0.207. The molecule has 0 aliphatic carbocycles. The SMILES string of the molecule is COc1cccc2oc(-c3ccccc3O)cc(=O)c12. The number of phenols is 1. The summed E-state index contributed by atoms with van der Waals surface area (Å²) in [5.74, 6) is 0.867. The fourth-order valence-electron chi connectivity index (χ4n) is 2.16. The molecule has 1 aromatic heterocycles. The van der Waals surface area contributed by atoms with Gasteiger partial charge in [0.15, 0.2) is 5.43 Å². The molecular formula is C16H12O4. The van der Waals surface area contributed by atoms with E-state index in [9.17, 15) is 9.90 Å². The molecule has 3 rings (SSSR count). The Morgan fingerprint density at radius 1 is 1.10 bits per heavy atom. The summed E-state index contributed by atoms with van der Waals surface area (Å²) in [6.45, 7) is 0. The number of phenolic OH excluding ortho intramolecular Hbond substituents is 1. The Hall–Kier alpha value is -2.75. The molecule has 0 aliphatic rings. The van der Waals surface area contributed by atoms with Gasteiger partial charge in [0.25, 0.3) is 0 Å². The van der Waals surface area contributed by atoms with Crippen molar-refractivity contribution >= 4 is 11.0 Å². The van der Waals surface area contributed by atoms with Crippen molar-refractivity contribution in [2.75, 3.05) is 7.11 Å². The third kappa shape index (κ3) is 1.91. The van der Waals surface area contributed by atoms with Crippen molar-refractivity contribution in [3.63, 3.8) is 0 Å². The predicted molar refractivity (Wildman–Crippen MR) is 76.1 cm³/mol. The number of aromatic hydroxyl groups is 1. The molecule has 0 radical (unpaired) electrons. The first kappa shape index (κ1) is 12.3. The lowest BCUT2D eigenvalue weighted by Crippen LogP contribution is -2.02. The molecule has 0 bridgehead atoms. The van der Waals surface area contributed by atoms with Gasteiger partial charge in [0.05, 0.1) is 12.7 Å². The van der Waals surface area contributed by atoms with Crippen molar-refractivity contribution in [3.05, 3.63) is 58.8 Å². The van der Waals surface area contributed by atoms with Crippen LogP contribution in [0.15, 0.2) is 57.7 Å². The fraction of sp³-hybridized carbons (Fsp3) is 0.0625. The number of ether oxygens (including phenoxy) is 1. The van der Waals surface area contributed by atoms with Crippen molar-refractivity contribution in [2.24, 2.45) is 0 Å². The van der Waals surface area contributed by atoms with Crippen LogP contribution in [0.1, 0.15) is 0 Å². The van der Waals surface area contributed by atoms with Gasteiger partial charge in [-0.05, 0) is 24.3 Å². The molecular weight excluding hydrogens is 256 g/mol. The summed E-state index contributed by atoms with van der Waals surface area (Å²) in [5, 5.41) is 10.2. The maximum atomic E-state index is 12.2. The van der Waals surface area contributed by atoms with Crippen LogP contribution in [0.3, 0.4) is 0 Å². The predicted octanol–water partition coefficient (Wildman–Crippen LogP) is 3.17. The summed E-state index contributed by atoms with van der Waals surface area (Å²) >= 11 is 0. The van der Waals surface area contributed by atoms with E-state index in [1.807, 2.05) is 0 Å². The second kappa shape index (κ2) is 4.74. The standard InChI is InChI=1S/C16H12O4/c1-19-13-7-4-8-14-16(13)12(18)9-15(20-14)10-5-2-3-6-11(10)17/h2-9,17H,1H3. The highest BCUT2D eigenvalue weighted by atomic mass is 16.5. The summed E-state index contributed by atoms with van der Waals surface area (Å²) in [4.78, 5) is 12.2. The highest BCUT2D eigenvalue weighted by Crippen LogP contribution is 2.31. The van der Waals surface area contributed by atoms with Crippen molar-refractivity contribution in [2.45, 2.75) is 0 Å². The molecule has 0 fully saturated rings. The third-order valence-corrected chi connectivity index (χ3v) is 3.11. The zero-order valence-corrected chi connectivity index (χ0v) is 10.8. The Bertz CT molecular complexity index is 833. The van der Waals surface area contributed by atoms with E-state index in [-0.39, 0.29) is 11.2 Å². The lowest BCUT2D eigenvalue weighted by atomic mass is 10.1. The van der Waals surface area contributed by atoms with E-state index >= 15 is 0 Å². The Labute approximate surface area is 114 Å². The Balaban J connectivity index is 2.32. The molecule has 4 heteroatoms. The van der Waals surface area contributed by atoms with Crippen LogP contribution < -0.4 is 10.2 Å². The highest BCUT2D eigenvalue weighted by molar-refractivity contribution is 5.85. The van der Waals surface area contributed by atoms with Crippen LogP contribution >= 0.6 is 0 Å². The van der Waals surface area contributed by atoms with E-state index in [4.69, 9.17) is 9.15 Å². The molecule has 0 saturated heterocycles. The van der Waals surface area contributed by atoms with E-state index < -0.39 is 0 Å². The average Bonchev–Trinajstić information content (AvgIpc) is 2.46. The maximum absolute atomic E-state index is 12.2. The third-order valence-electron chi connectivity index (χ3n) is 3.11. The molecule has 1 N–H and O–H groups in total. The highest BCUT2D eigenvalue weighted by Gasteiger charge is 2.12. The van der Waals surface area contributed by atoms with Gasteiger partial charge in [-0.3, -0.25) is 4.79 Å². The second-order valence-corrected chi connectivity index (χ2v) is 4.33. The number of hydrogen-bond donors (Lipinski definition) is 1. The number of rotatable bonds is 2. The van der Waals surface area contributed by atoms with Gasteiger partial charge < -0.3 is 14.3 Å². The Morgan fingerprint density at radius 2 is 1.90 bits per heavy atom. The van der Waals surface area contributed by atoms with Gasteiger partial charge >= 0.3 is 0 Å². The first-order valence-electron chi connectivity index (χ1n) is 6.10. The summed E-state index contributed by atoms with van der Waals surface area (Å²) in [7, 11) is 1.51. The van der Waals surface area contributed by atoms with Crippen LogP contribution in [0.4, 0.5) is 0 Å². The van der Waals surface area contributed by atoms with Crippen LogP contribution in [-0.2, 0) is 0 Å². The Kier molecular flexibility index (Phi) is 2.91. The lowest BCUT2D eigenvalue weighted by Gasteiger charge is -2.07. The van der Waals surface area contributed by atoms with Gasteiger partial charge in [0.2, 0.25) is 0 Å². The van der Waals surface area contributed by atoms with Gasteiger partial charge in [-0.25, -0.2) is 0 Å². The summed E-state index contributed by atoms with van der Waals surface area (Å²) in [6, 6.07) is 13.2. The molecule has 20 heavy (non-hydrogen) atoms. The van der Waals surface area contributed by atoms with Gasteiger partial charge in [-0.1, -0.05) is 18.2 Å². The monoisotopic (exact) mass is 268 g/mol. The topological polar surface area (TPSA) is 59.7 Å². The largest absolute Gasteiger partial charge is 0.507 e. The number of para-hydroxylation sites is 1. The van der Waals surface area contributed by atoms with Crippen LogP contribution in [0.2, 0.25) is 0 Å². The van der Waals surface area contributed by atoms with Gasteiger partial charge in [-0.15, -0.1) is 0 Å². The summed E-state index contributed by atoms with van der Waals surface area (Å²) < 4.78 is 10.9. The van der Waals surface area contributed by atoms with E-state index in [2.05, 4.69) is 0 Å². The van der Waals surface area contributed by atoms with Crippen LogP contribution in [-0.4, -0.2) is 12.2 Å². The zero-order valence-electron chi connectivity index (χ0n) is 10.8. The lowest BCUT2D eigenvalue weighted by molar-refractivity contribution is 0.418. The molecule has 0 saturated carbocycles. The normalized spacial score (nSPS) is 10.7. The van der Waals surface area contributed by atoms with Crippen LogP contribution in [0, 0.1) is 0 Å². The minimum absolute atomic E-state index is 0.0675. The van der Waals surface area contributed by atoms with Gasteiger partial charge in [-0.2, -0.15) is 0 Å². The molecule has 0 amide bonds. The zero-order chi connectivity index (χ0) is 14.1. The molecule has 100 valence electrons. The molecule has 0 aliphatic heterocycles. The number of fused-ring (bicyclic) bond motifs is 1. The molecule has 0 atom stereocenters. The van der Waals surface area contributed by atoms with Crippen molar-refractivity contribution in [1.82, 2.24) is 0 Å². The smallest absolute Gasteiger partial charge is 0.197 e. The van der Waals surface area contributed by atoms with E-state index in [1.54, 1.807) is 42.5 Å². The summed E-state index contributed by atoms with van der Waals surface area (Å²) in [5.41, 5.74) is 0.700. The first-order chi connectivity index (χ1) is 9.70. The molecule has 4 nitrogen and oxygen atoms in total. The number of methoxy groups -OCH3 is 1. The van der Waals surface area contributed by atoms with E-state index in [0.717, 1.165) is 0 Å². The molecule has 0 unspecified atom stereocenters. The van der Waals surface area contributed by atoms with Crippen molar-refractivity contribution in [3.8, 4) is 22.8 Å². The van der Waals surface area contributed by atoms with Crippen LogP contribution in [0.5, 0.6) is 11.5 Å². The van der Waals surface area contributed by atoms with E-state index in [0.29, 0.717) is 28.0 Å². The number of hydrogen-bond acceptors (Lipinski definition) is 4. The van der Waals surface area contributed by atoms with Gasteiger partial charge in [0, 0.05) is 6.07 Å². The average molecular weight is 268 g/mol. The van der Waals surface area contributed by atoms with Crippen molar-refractivity contribution < 1.29 is 14.3 Å². The first-order valence-corrected chi connectivity index (χ1v) is 6.10. The fourth-order valence-corrected chi connectivity index (χ4v) is 2.16. The van der Waals surface area contributed by atoms with E-state index in [1.165, 1.54) is 13.2 Å². The molecule has 1 heterocycles. The number of benzene rings is 2. The molecule has 0 spiro atoms. The Morgan fingerprint density at radius 3 is 2.65 bits per heavy atom. The second-order valence-electron chi connectivity index (χ2n) is 4.33. The minimum Gasteiger partial charge on any atom is -0.507 e.